The van der Waals surface area contributed by atoms with Crippen molar-refractivity contribution < 1.29 is 29.6 Å². The lowest BCUT2D eigenvalue weighted by Gasteiger charge is -2.38. The number of hydrogen-bond acceptors (Lipinski definition) is 5. The van der Waals surface area contributed by atoms with Crippen LogP contribution in [-0.2, 0) is 22.6 Å². The number of hydrogen-bond donors (Lipinski definition) is 3. The highest BCUT2D eigenvalue weighted by molar-refractivity contribution is 5.91. The minimum atomic E-state index is -1.37. The molecule has 3 atom stereocenters. The van der Waals surface area contributed by atoms with E-state index >= 15 is 0 Å². The molecule has 40 heavy (non-hydrogen) atoms. The van der Waals surface area contributed by atoms with Gasteiger partial charge in [0.05, 0.1) is 13.0 Å². The van der Waals surface area contributed by atoms with Gasteiger partial charge in [0.1, 0.15) is 24.0 Å². The molecule has 0 bridgehead atoms. The Morgan fingerprint density at radius 2 is 1.30 bits per heavy atom. The maximum Gasteiger partial charge on any atom is 0.326 e. The third kappa shape index (κ3) is 5.21. The van der Waals surface area contributed by atoms with Gasteiger partial charge < -0.3 is 25.0 Å². The van der Waals surface area contributed by atoms with Crippen LogP contribution < -0.4 is 4.74 Å². The Hall–Kier alpha value is -4.46. The molecular formula is C33H31NO6. The highest BCUT2D eigenvalue weighted by Gasteiger charge is 2.41. The molecular weight excluding hydrogens is 506 g/mol. The zero-order valence-corrected chi connectivity index (χ0v) is 22.1. The van der Waals surface area contributed by atoms with E-state index < -0.39 is 30.1 Å². The fourth-order valence-corrected chi connectivity index (χ4v) is 5.55. The first-order chi connectivity index (χ1) is 19.4. The smallest absolute Gasteiger partial charge is 0.326 e. The second kappa shape index (κ2) is 11.7. The van der Waals surface area contributed by atoms with E-state index in [1.54, 1.807) is 36.4 Å². The molecule has 0 saturated carbocycles. The fraction of sp³-hybridized carbons (Fsp3) is 0.212. The molecule has 7 nitrogen and oxygen atoms in total. The van der Waals surface area contributed by atoms with Crippen LogP contribution in [0.3, 0.4) is 0 Å². The lowest BCUT2D eigenvalue weighted by Crippen LogP contribution is -2.50. The zero-order chi connectivity index (χ0) is 28.2. The van der Waals surface area contributed by atoms with Crippen LogP contribution in [0.5, 0.6) is 5.75 Å². The molecule has 1 amide bonds. The summed E-state index contributed by atoms with van der Waals surface area (Å²) in [5.41, 5.74) is 3.65. The predicted octanol–water partition coefficient (Wildman–Crippen LogP) is 4.63. The Labute approximate surface area is 232 Å². The lowest BCUT2D eigenvalue weighted by atomic mass is 9.83. The van der Waals surface area contributed by atoms with Crippen LogP contribution in [0.2, 0.25) is 0 Å². The first kappa shape index (κ1) is 27.1. The van der Waals surface area contributed by atoms with Crippen LogP contribution in [0.15, 0.2) is 103 Å². The third-order valence-electron chi connectivity index (χ3n) is 7.57. The molecule has 0 aliphatic carbocycles. The van der Waals surface area contributed by atoms with Crippen molar-refractivity contribution in [2.45, 2.75) is 37.1 Å². The first-order valence-electron chi connectivity index (χ1n) is 13.1. The number of aliphatic hydroxyl groups excluding tert-OH is 2. The van der Waals surface area contributed by atoms with Crippen molar-refractivity contribution in [3.8, 4) is 5.75 Å². The minimum absolute atomic E-state index is 0.0342. The van der Waals surface area contributed by atoms with E-state index in [0.29, 0.717) is 28.0 Å². The highest BCUT2D eigenvalue weighted by Crippen LogP contribution is 2.41. The molecule has 1 aliphatic rings. The summed E-state index contributed by atoms with van der Waals surface area (Å²) in [5.74, 6) is -1.81. The minimum Gasteiger partial charge on any atom is -0.496 e. The van der Waals surface area contributed by atoms with Gasteiger partial charge in [-0.05, 0) is 33.9 Å². The Balaban J connectivity index is 1.56. The summed E-state index contributed by atoms with van der Waals surface area (Å²) in [6.07, 6.45) is -2.67. The van der Waals surface area contributed by atoms with Gasteiger partial charge in [-0.1, -0.05) is 97.1 Å². The number of benzene rings is 4. The molecule has 4 aromatic carbocycles. The number of aliphatic hydroxyl groups is 2. The summed E-state index contributed by atoms with van der Waals surface area (Å²) in [7, 11) is 1.46. The monoisotopic (exact) mass is 537 g/mol. The van der Waals surface area contributed by atoms with Crippen LogP contribution >= 0.6 is 0 Å². The normalized spacial score (nSPS) is 16.2. The summed E-state index contributed by atoms with van der Waals surface area (Å²) in [4.78, 5) is 28.2. The second-order valence-corrected chi connectivity index (χ2v) is 9.90. The van der Waals surface area contributed by atoms with E-state index in [1.165, 1.54) is 12.0 Å². The molecule has 0 fully saturated rings. The summed E-state index contributed by atoms with van der Waals surface area (Å²) in [6, 6.07) is 29.7. The molecule has 3 N–H and O–H groups in total. The summed E-state index contributed by atoms with van der Waals surface area (Å²) in [6.45, 7) is 0.0342. The highest BCUT2D eigenvalue weighted by atomic mass is 16.5. The number of carbonyl (C=O) groups is 2. The van der Waals surface area contributed by atoms with Crippen molar-refractivity contribution >= 4 is 11.9 Å². The number of fused-ring (bicyclic) bond motifs is 1. The van der Waals surface area contributed by atoms with Gasteiger partial charge in [-0.3, -0.25) is 4.79 Å². The number of amides is 1. The number of rotatable bonds is 8. The number of carboxylic acid groups (broad SMARTS) is 1. The average molecular weight is 538 g/mol. The Morgan fingerprint density at radius 3 is 1.80 bits per heavy atom. The van der Waals surface area contributed by atoms with E-state index in [0.717, 1.165) is 11.1 Å². The fourth-order valence-electron chi connectivity index (χ4n) is 5.55. The number of carboxylic acids is 1. The average Bonchev–Trinajstić information content (AvgIpc) is 3.00. The summed E-state index contributed by atoms with van der Waals surface area (Å²) < 4.78 is 5.54. The predicted molar refractivity (Wildman–Crippen MR) is 150 cm³/mol. The van der Waals surface area contributed by atoms with Gasteiger partial charge in [0, 0.05) is 18.5 Å². The van der Waals surface area contributed by atoms with Crippen LogP contribution in [0, 0.1) is 0 Å². The van der Waals surface area contributed by atoms with Crippen LogP contribution in [0.4, 0.5) is 0 Å². The van der Waals surface area contributed by atoms with Crippen LogP contribution in [-0.4, -0.2) is 45.2 Å². The van der Waals surface area contributed by atoms with E-state index in [9.17, 15) is 24.9 Å². The van der Waals surface area contributed by atoms with Crippen LogP contribution in [0.25, 0.3) is 0 Å². The summed E-state index contributed by atoms with van der Waals surface area (Å²) >= 11 is 0. The van der Waals surface area contributed by atoms with Crippen molar-refractivity contribution in [3.05, 3.63) is 137 Å². The Bertz CT molecular complexity index is 1440. The zero-order valence-electron chi connectivity index (χ0n) is 22.1. The number of methoxy groups -OCH3 is 1. The lowest BCUT2D eigenvalue weighted by molar-refractivity contribution is -0.151. The van der Waals surface area contributed by atoms with Crippen molar-refractivity contribution in [2.24, 2.45) is 0 Å². The maximum atomic E-state index is 14.2. The molecule has 0 saturated heterocycles. The van der Waals surface area contributed by atoms with Gasteiger partial charge >= 0.3 is 5.97 Å². The molecule has 204 valence electrons. The number of aliphatic carboxylic acids is 1. The molecule has 0 radical (unpaired) electrons. The second-order valence-electron chi connectivity index (χ2n) is 9.90. The van der Waals surface area contributed by atoms with E-state index in [4.69, 9.17) is 4.74 Å². The first-order valence-corrected chi connectivity index (χ1v) is 13.1. The molecule has 1 aliphatic heterocycles. The van der Waals surface area contributed by atoms with Gasteiger partial charge in [-0.2, -0.15) is 0 Å². The molecule has 3 unspecified atom stereocenters. The maximum absolute atomic E-state index is 14.2. The van der Waals surface area contributed by atoms with Crippen LogP contribution in [0.1, 0.15) is 51.5 Å². The topological polar surface area (TPSA) is 107 Å². The number of nitrogens with zero attached hydrogens (tertiary/aromatic N) is 1. The summed E-state index contributed by atoms with van der Waals surface area (Å²) in [5, 5.41) is 32.7. The van der Waals surface area contributed by atoms with Gasteiger partial charge in [-0.25, -0.2) is 4.79 Å². The van der Waals surface area contributed by atoms with Gasteiger partial charge in [-0.15, -0.1) is 0 Å². The quantitative estimate of drug-likeness (QED) is 0.303. The largest absolute Gasteiger partial charge is 0.496 e. The van der Waals surface area contributed by atoms with Gasteiger partial charge in [0.2, 0.25) is 5.91 Å². The van der Waals surface area contributed by atoms with Crippen molar-refractivity contribution in [1.82, 2.24) is 4.90 Å². The third-order valence-corrected chi connectivity index (χ3v) is 7.57. The van der Waals surface area contributed by atoms with Gasteiger partial charge in [0.25, 0.3) is 0 Å². The molecule has 5 rings (SSSR count). The standard InChI is InChI=1S/C33H31NO6/c1-40-27-18-17-24-20-34(32(37)28(21-11-5-2-6-12-21)22-13-7-3-8-14-22)26(33(38)39)19-25(24)29(27)31(36)30(35)23-15-9-4-10-16-23/h2-18,26,28,30-31,35-36H,19-20H2,1H3,(H,38,39). The van der Waals surface area contributed by atoms with E-state index in [2.05, 4.69) is 0 Å². The van der Waals surface area contributed by atoms with E-state index in [1.807, 2.05) is 66.7 Å². The molecule has 0 aromatic heterocycles. The number of carbonyl (C=O) groups excluding carboxylic acids is 1. The van der Waals surface area contributed by atoms with Crippen molar-refractivity contribution in [2.75, 3.05) is 7.11 Å². The SMILES string of the molecule is COc1ccc2c(c1C(O)C(O)c1ccccc1)CC(C(=O)O)N(C(=O)C(c1ccccc1)c1ccccc1)C2. The Kier molecular flexibility index (Phi) is 7.96. The van der Waals surface area contributed by atoms with E-state index in [-0.39, 0.29) is 18.9 Å². The molecule has 1 heterocycles. The number of ether oxygens (including phenoxy) is 1. The molecule has 0 spiro atoms. The van der Waals surface area contributed by atoms with Crippen molar-refractivity contribution in [1.29, 1.82) is 0 Å². The molecule has 4 aromatic rings. The Morgan fingerprint density at radius 1 is 0.775 bits per heavy atom. The molecule has 7 heteroatoms. The van der Waals surface area contributed by atoms with Gasteiger partial charge in [0.15, 0.2) is 0 Å². The van der Waals surface area contributed by atoms with Crippen molar-refractivity contribution in [3.63, 3.8) is 0 Å².